The molecule has 7 heteroatoms. The van der Waals surface area contributed by atoms with Gasteiger partial charge < -0.3 is 10.5 Å². The summed E-state index contributed by atoms with van der Waals surface area (Å²) in [7, 11) is -0.525. The minimum atomic E-state index is -0.525. The molecule has 0 saturated heterocycles. The SMILES string of the molecule is CS(C)(C)CCOCn1cc(-c2ccc(N)c(NO)c2)cn1. The number of nitrogens with two attached hydrogens (primary N) is 1. The summed E-state index contributed by atoms with van der Waals surface area (Å²) in [5, 5.41) is 13.3. The molecule has 4 N–H and O–H groups in total. The molecule has 0 radical (unpaired) electrons. The zero-order valence-corrected chi connectivity index (χ0v) is 14.1. The third-order valence-electron chi connectivity index (χ3n) is 3.20. The van der Waals surface area contributed by atoms with Crippen molar-refractivity contribution in [3.05, 3.63) is 30.6 Å². The van der Waals surface area contributed by atoms with Gasteiger partial charge in [-0.2, -0.15) is 5.10 Å². The van der Waals surface area contributed by atoms with Crippen molar-refractivity contribution in [3.8, 4) is 11.1 Å². The van der Waals surface area contributed by atoms with Gasteiger partial charge in [-0.3, -0.25) is 10.7 Å². The van der Waals surface area contributed by atoms with Crippen LogP contribution < -0.4 is 11.2 Å². The maximum atomic E-state index is 9.04. The lowest BCUT2D eigenvalue weighted by Gasteiger charge is -2.24. The summed E-state index contributed by atoms with van der Waals surface area (Å²) in [5.41, 5.74) is 10.7. The van der Waals surface area contributed by atoms with Crippen LogP contribution in [0.4, 0.5) is 11.4 Å². The first-order chi connectivity index (χ1) is 10.4. The van der Waals surface area contributed by atoms with E-state index >= 15 is 0 Å². The van der Waals surface area contributed by atoms with Crippen molar-refractivity contribution < 1.29 is 9.94 Å². The highest BCUT2D eigenvalue weighted by molar-refractivity contribution is 8.32. The van der Waals surface area contributed by atoms with Gasteiger partial charge in [0.15, 0.2) is 0 Å². The highest BCUT2D eigenvalue weighted by Gasteiger charge is 2.06. The van der Waals surface area contributed by atoms with Gasteiger partial charge in [-0.15, -0.1) is 0 Å². The summed E-state index contributed by atoms with van der Waals surface area (Å²) < 4.78 is 7.42. The van der Waals surface area contributed by atoms with Crippen LogP contribution in [0, 0.1) is 0 Å². The molecular formula is C15H24N4O2S. The van der Waals surface area contributed by atoms with E-state index in [9.17, 15) is 0 Å². The molecule has 1 aromatic carbocycles. The van der Waals surface area contributed by atoms with Crippen molar-refractivity contribution in [2.75, 3.05) is 42.3 Å². The van der Waals surface area contributed by atoms with Crippen LogP contribution in [-0.2, 0) is 11.5 Å². The number of benzene rings is 1. The fraction of sp³-hybridized carbons (Fsp3) is 0.400. The number of anilines is 2. The molecule has 1 heterocycles. The molecule has 0 atom stereocenters. The number of rotatable bonds is 7. The summed E-state index contributed by atoms with van der Waals surface area (Å²) in [6.45, 7) is 1.18. The average molecular weight is 324 g/mol. The number of nitrogen functional groups attached to an aromatic ring is 1. The Bertz CT molecular complexity index is 622. The van der Waals surface area contributed by atoms with Gasteiger partial charge in [0.1, 0.15) is 6.73 Å². The zero-order valence-electron chi connectivity index (χ0n) is 13.2. The van der Waals surface area contributed by atoms with Crippen molar-refractivity contribution >= 4 is 21.4 Å². The molecular weight excluding hydrogens is 300 g/mol. The Kier molecular flexibility index (Phi) is 5.33. The number of nitrogens with one attached hydrogen (secondary N) is 1. The zero-order chi connectivity index (χ0) is 16.2. The molecule has 0 spiro atoms. The van der Waals surface area contributed by atoms with Crippen molar-refractivity contribution in [1.82, 2.24) is 9.78 Å². The van der Waals surface area contributed by atoms with Crippen molar-refractivity contribution in [2.24, 2.45) is 0 Å². The van der Waals surface area contributed by atoms with E-state index in [-0.39, 0.29) is 0 Å². The monoisotopic (exact) mass is 324 g/mol. The number of aromatic nitrogens is 2. The van der Waals surface area contributed by atoms with Crippen LogP contribution in [0.2, 0.25) is 0 Å². The highest BCUT2D eigenvalue weighted by atomic mass is 32.3. The Balaban J connectivity index is 1.96. The van der Waals surface area contributed by atoms with E-state index in [0.717, 1.165) is 23.5 Å². The highest BCUT2D eigenvalue weighted by Crippen LogP contribution is 2.33. The summed E-state index contributed by atoms with van der Waals surface area (Å²) >= 11 is 0. The van der Waals surface area contributed by atoms with Gasteiger partial charge in [-0.1, -0.05) is 6.07 Å². The smallest absolute Gasteiger partial charge is 0.139 e. The Hall–Kier alpha value is -1.70. The Labute approximate surface area is 132 Å². The van der Waals surface area contributed by atoms with E-state index in [1.807, 2.05) is 12.3 Å². The molecule has 0 aliphatic rings. The molecule has 122 valence electrons. The molecule has 0 aliphatic heterocycles. The quantitative estimate of drug-likeness (QED) is 0.414. The van der Waals surface area contributed by atoms with Gasteiger partial charge in [0.2, 0.25) is 0 Å². The molecule has 0 aliphatic carbocycles. The van der Waals surface area contributed by atoms with Crippen LogP contribution in [-0.4, -0.2) is 46.1 Å². The summed E-state index contributed by atoms with van der Waals surface area (Å²) in [6, 6.07) is 5.41. The minimum absolute atomic E-state index is 0.440. The Morgan fingerprint density at radius 2 is 2.09 bits per heavy atom. The predicted octanol–water partition coefficient (Wildman–Crippen LogP) is 2.60. The van der Waals surface area contributed by atoms with Crippen LogP contribution >= 0.6 is 10.0 Å². The van der Waals surface area contributed by atoms with Crippen LogP contribution in [0.3, 0.4) is 0 Å². The molecule has 2 rings (SSSR count). The van der Waals surface area contributed by atoms with Crippen molar-refractivity contribution in [2.45, 2.75) is 6.73 Å². The number of hydrogen-bond donors (Lipinski definition) is 3. The molecule has 6 nitrogen and oxygen atoms in total. The van der Waals surface area contributed by atoms with Crippen LogP contribution in [0.25, 0.3) is 11.1 Å². The number of ether oxygens (including phenoxy) is 1. The van der Waals surface area contributed by atoms with Crippen molar-refractivity contribution in [1.29, 1.82) is 0 Å². The maximum absolute atomic E-state index is 9.04. The first kappa shape index (κ1) is 16.7. The average Bonchev–Trinajstić information content (AvgIpc) is 2.92. The van der Waals surface area contributed by atoms with Crippen LogP contribution in [0.5, 0.6) is 0 Å². The van der Waals surface area contributed by atoms with Crippen molar-refractivity contribution in [3.63, 3.8) is 0 Å². The molecule has 1 aromatic heterocycles. The predicted molar refractivity (Wildman–Crippen MR) is 93.7 cm³/mol. The van der Waals surface area contributed by atoms with E-state index in [0.29, 0.717) is 18.1 Å². The van der Waals surface area contributed by atoms with Gasteiger partial charge in [0.25, 0.3) is 0 Å². The molecule has 0 bridgehead atoms. The largest absolute Gasteiger partial charge is 0.397 e. The standard InChI is InChI=1S/C15H24N4O2S/c1-22(2,3)7-6-21-11-19-10-13(9-17-19)12-4-5-14(16)15(8-12)18-20/h4-5,8-10,18,20H,6-7,11,16H2,1-3H3. The number of nitrogens with zero attached hydrogens (tertiary/aromatic N) is 2. The van der Waals surface area contributed by atoms with Gasteiger partial charge in [0, 0.05) is 17.5 Å². The molecule has 0 amide bonds. The van der Waals surface area contributed by atoms with E-state index in [1.165, 1.54) is 0 Å². The van der Waals surface area contributed by atoms with Gasteiger partial charge in [0.05, 0.1) is 24.2 Å². The topological polar surface area (TPSA) is 85.3 Å². The second kappa shape index (κ2) is 7.04. The molecule has 0 fully saturated rings. The summed E-state index contributed by atoms with van der Waals surface area (Å²) in [5.74, 6) is 1.09. The Morgan fingerprint density at radius 3 is 2.77 bits per heavy atom. The lowest BCUT2D eigenvalue weighted by Crippen LogP contribution is -2.10. The van der Waals surface area contributed by atoms with Gasteiger partial charge in [-0.25, -0.2) is 14.7 Å². The van der Waals surface area contributed by atoms with E-state index in [1.54, 1.807) is 23.0 Å². The normalized spacial score (nSPS) is 12.4. The van der Waals surface area contributed by atoms with Gasteiger partial charge >= 0.3 is 0 Å². The van der Waals surface area contributed by atoms with E-state index in [2.05, 4.69) is 29.3 Å². The fourth-order valence-corrected chi connectivity index (χ4v) is 2.50. The lowest BCUT2D eigenvalue weighted by atomic mass is 10.1. The molecule has 2 aromatic rings. The molecule has 0 unspecified atom stereocenters. The lowest BCUT2D eigenvalue weighted by molar-refractivity contribution is 0.0809. The second-order valence-corrected chi connectivity index (χ2v) is 10.6. The van der Waals surface area contributed by atoms with Crippen LogP contribution in [0.1, 0.15) is 0 Å². The molecule has 22 heavy (non-hydrogen) atoms. The summed E-state index contributed by atoms with van der Waals surface area (Å²) in [6.07, 6.45) is 10.5. The second-order valence-electron chi connectivity index (χ2n) is 6.01. The van der Waals surface area contributed by atoms with E-state index in [4.69, 9.17) is 15.7 Å². The molecule has 0 saturated carbocycles. The number of hydrogen-bond acceptors (Lipinski definition) is 5. The summed E-state index contributed by atoms with van der Waals surface area (Å²) in [4.78, 5) is 0. The third-order valence-corrected chi connectivity index (χ3v) is 4.60. The third kappa shape index (κ3) is 4.66. The first-order valence-electron chi connectivity index (χ1n) is 6.95. The Morgan fingerprint density at radius 1 is 1.32 bits per heavy atom. The van der Waals surface area contributed by atoms with Gasteiger partial charge in [-0.05, 0) is 36.5 Å². The van der Waals surface area contributed by atoms with Crippen LogP contribution in [0.15, 0.2) is 30.6 Å². The minimum Gasteiger partial charge on any atom is -0.397 e. The first-order valence-corrected chi connectivity index (χ1v) is 9.98. The fourth-order valence-electron chi connectivity index (χ4n) is 1.88. The van der Waals surface area contributed by atoms with E-state index < -0.39 is 10.0 Å². The maximum Gasteiger partial charge on any atom is 0.139 e.